The van der Waals surface area contributed by atoms with E-state index in [0.717, 1.165) is 38.2 Å². The number of carbonyl (C=O) groups is 1. The van der Waals surface area contributed by atoms with E-state index in [9.17, 15) is 4.79 Å². The summed E-state index contributed by atoms with van der Waals surface area (Å²) in [5.74, 6) is 2.14. The molecule has 150 valence electrons. The SMILES string of the molecule is CN=C(NCC(=O)N1CCC(Cc2ccccc2)CC1)NCc1ncnn1C. The Bertz CT molecular complexity index is 779. The number of piperidine rings is 1. The van der Waals surface area contributed by atoms with Gasteiger partial charge in [-0.2, -0.15) is 5.10 Å². The molecule has 1 aromatic carbocycles. The first-order valence-electron chi connectivity index (χ1n) is 9.75. The van der Waals surface area contributed by atoms with Crippen molar-refractivity contribution in [2.45, 2.75) is 25.8 Å². The molecule has 1 amide bonds. The molecule has 8 heteroatoms. The maximum absolute atomic E-state index is 12.5. The second kappa shape index (κ2) is 9.87. The molecule has 0 spiro atoms. The summed E-state index contributed by atoms with van der Waals surface area (Å²) < 4.78 is 1.70. The van der Waals surface area contributed by atoms with Crippen molar-refractivity contribution in [3.63, 3.8) is 0 Å². The van der Waals surface area contributed by atoms with Gasteiger partial charge in [0.05, 0.1) is 13.1 Å². The van der Waals surface area contributed by atoms with Gasteiger partial charge in [0.2, 0.25) is 5.91 Å². The first-order valence-corrected chi connectivity index (χ1v) is 9.75. The van der Waals surface area contributed by atoms with Crippen molar-refractivity contribution in [2.75, 3.05) is 26.7 Å². The smallest absolute Gasteiger partial charge is 0.241 e. The summed E-state index contributed by atoms with van der Waals surface area (Å²) >= 11 is 0. The van der Waals surface area contributed by atoms with Crippen LogP contribution in [-0.2, 0) is 24.8 Å². The van der Waals surface area contributed by atoms with Gasteiger partial charge in [0.25, 0.3) is 0 Å². The number of hydrogen-bond donors (Lipinski definition) is 2. The van der Waals surface area contributed by atoms with Crippen LogP contribution in [0.1, 0.15) is 24.2 Å². The van der Waals surface area contributed by atoms with Crippen molar-refractivity contribution >= 4 is 11.9 Å². The topological polar surface area (TPSA) is 87.4 Å². The largest absolute Gasteiger partial charge is 0.349 e. The van der Waals surface area contributed by atoms with E-state index in [1.54, 1.807) is 11.7 Å². The van der Waals surface area contributed by atoms with Crippen LogP contribution in [0.4, 0.5) is 0 Å². The van der Waals surface area contributed by atoms with Crippen LogP contribution in [0.5, 0.6) is 0 Å². The van der Waals surface area contributed by atoms with E-state index < -0.39 is 0 Å². The number of amides is 1. The Morgan fingerprint density at radius 2 is 1.96 bits per heavy atom. The lowest BCUT2D eigenvalue weighted by Crippen LogP contribution is -2.47. The van der Waals surface area contributed by atoms with Gasteiger partial charge in [-0.15, -0.1) is 0 Å². The number of hydrogen-bond acceptors (Lipinski definition) is 4. The monoisotopic (exact) mass is 383 g/mol. The molecule has 0 bridgehead atoms. The van der Waals surface area contributed by atoms with Crippen LogP contribution >= 0.6 is 0 Å². The minimum atomic E-state index is 0.111. The number of nitrogens with one attached hydrogen (secondary N) is 2. The number of guanidine groups is 1. The highest BCUT2D eigenvalue weighted by Crippen LogP contribution is 2.21. The lowest BCUT2D eigenvalue weighted by atomic mass is 9.90. The van der Waals surface area contributed by atoms with E-state index in [0.29, 0.717) is 18.4 Å². The maximum atomic E-state index is 12.5. The lowest BCUT2D eigenvalue weighted by Gasteiger charge is -2.32. The van der Waals surface area contributed by atoms with Crippen molar-refractivity contribution in [1.29, 1.82) is 0 Å². The third-order valence-electron chi connectivity index (χ3n) is 5.18. The summed E-state index contributed by atoms with van der Waals surface area (Å²) in [5, 5.41) is 10.3. The molecule has 2 heterocycles. The molecule has 0 atom stereocenters. The van der Waals surface area contributed by atoms with E-state index in [2.05, 4.69) is 50.0 Å². The van der Waals surface area contributed by atoms with Crippen LogP contribution < -0.4 is 10.6 Å². The Balaban J connectivity index is 1.38. The van der Waals surface area contributed by atoms with Crippen LogP contribution in [-0.4, -0.2) is 58.2 Å². The van der Waals surface area contributed by atoms with Crippen LogP contribution in [0.3, 0.4) is 0 Å². The Labute approximate surface area is 166 Å². The Morgan fingerprint density at radius 1 is 1.21 bits per heavy atom. The summed E-state index contributed by atoms with van der Waals surface area (Å²) in [6.07, 6.45) is 4.72. The molecule has 8 nitrogen and oxygen atoms in total. The van der Waals surface area contributed by atoms with E-state index in [-0.39, 0.29) is 12.5 Å². The van der Waals surface area contributed by atoms with E-state index in [1.165, 1.54) is 11.9 Å². The summed E-state index contributed by atoms with van der Waals surface area (Å²) in [6.45, 7) is 2.38. The second-order valence-electron chi connectivity index (χ2n) is 7.09. The van der Waals surface area contributed by atoms with Gasteiger partial charge >= 0.3 is 0 Å². The Kier molecular flexibility index (Phi) is 7.00. The van der Waals surface area contributed by atoms with Crippen molar-refractivity contribution in [2.24, 2.45) is 18.0 Å². The summed E-state index contributed by atoms with van der Waals surface area (Å²) in [4.78, 5) is 22.8. The molecule has 0 radical (unpaired) electrons. The quantitative estimate of drug-likeness (QED) is 0.573. The molecule has 0 unspecified atom stereocenters. The Hall–Kier alpha value is -2.90. The minimum absolute atomic E-state index is 0.111. The molecule has 28 heavy (non-hydrogen) atoms. The normalized spacial score (nSPS) is 15.5. The molecule has 1 aliphatic rings. The lowest BCUT2D eigenvalue weighted by molar-refractivity contribution is -0.131. The van der Waals surface area contributed by atoms with Crippen LogP contribution in [0, 0.1) is 5.92 Å². The average molecular weight is 384 g/mol. The molecule has 1 fully saturated rings. The first-order chi connectivity index (χ1) is 13.7. The predicted octanol–water partition coefficient (Wildman–Crippen LogP) is 0.961. The third kappa shape index (κ3) is 5.55. The number of aliphatic imine (C=N–C) groups is 1. The van der Waals surface area contributed by atoms with Gasteiger partial charge in [-0.1, -0.05) is 30.3 Å². The number of likely N-dealkylation sites (tertiary alicyclic amines) is 1. The summed E-state index contributed by atoms with van der Waals surface area (Å²) in [5.41, 5.74) is 1.38. The number of nitrogens with zero attached hydrogens (tertiary/aromatic N) is 5. The zero-order valence-electron chi connectivity index (χ0n) is 16.6. The van der Waals surface area contributed by atoms with E-state index in [4.69, 9.17) is 0 Å². The number of carbonyl (C=O) groups excluding carboxylic acids is 1. The minimum Gasteiger partial charge on any atom is -0.349 e. The van der Waals surface area contributed by atoms with Crippen LogP contribution in [0.2, 0.25) is 0 Å². The number of aromatic nitrogens is 3. The maximum Gasteiger partial charge on any atom is 0.241 e. The first kappa shape index (κ1) is 19.9. The fraction of sp³-hybridized carbons (Fsp3) is 0.500. The van der Waals surface area contributed by atoms with Crippen LogP contribution in [0.15, 0.2) is 41.7 Å². The molecule has 2 N–H and O–H groups in total. The average Bonchev–Trinajstić information content (AvgIpc) is 3.14. The highest BCUT2D eigenvalue weighted by atomic mass is 16.2. The highest BCUT2D eigenvalue weighted by Gasteiger charge is 2.22. The zero-order valence-corrected chi connectivity index (χ0v) is 16.6. The highest BCUT2D eigenvalue weighted by molar-refractivity contribution is 5.86. The molecular weight excluding hydrogens is 354 g/mol. The number of rotatable bonds is 6. The molecule has 3 rings (SSSR count). The van der Waals surface area contributed by atoms with Gasteiger partial charge in [0.1, 0.15) is 12.2 Å². The molecule has 0 aliphatic carbocycles. The second-order valence-corrected chi connectivity index (χ2v) is 7.09. The number of benzene rings is 1. The van der Waals surface area contributed by atoms with Crippen LogP contribution in [0.25, 0.3) is 0 Å². The van der Waals surface area contributed by atoms with Gasteiger partial charge in [-0.3, -0.25) is 14.5 Å². The van der Waals surface area contributed by atoms with Crippen molar-refractivity contribution in [3.05, 3.63) is 48.0 Å². The van der Waals surface area contributed by atoms with Crippen molar-refractivity contribution in [3.8, 4) is 0 Å². The van der Waals surface area contributed by atoms with Gasteiger partial charge in [0.15, 0.2) is 5.96 Å². The Morgan fingerprint density at radius 3 is 2.61 bits per heavy atom. The van der Waals surface area contributed by atoms with Gasteiger partial charge in [0, 0.05) is 27.2 Å². The zero-order chi connectivity index (χ0) is 19.8. The molecule has 1 saturated heterocycles. The van der Waals surface area contributed by atoms with E-state index >= 15 is 0 Å². The molecule has 1 aliphatic heterocycles. The molecule has 1 aromatic heterocycles. The molecule has 0 saturated carbocycles. The number of aryl methyl sites for hydroxylation is 1. The van der Waals surface area contributed by atoms with Crippen molar-refractivity contribution < 1.29 is 4.79 Å². The molecular formula is C20H29N7O. The van der Waals surface area contributed by atoms with Crippen molar-refractivity contribution in [1.82, 2.24) is 30.3 Å². The van der Waals surface area contributed by atoms with E-state index in [1.807, 2.05) is 18.0 Å². The summed E-state index contributed by atoms with van der Waals surface area (Å²) in [7, 11) is 3.52. The fourth-order valence-electron chi connectivity index (χ4n) is 3.47. The van der Waals surface area contributed by atoms with Gasteiger partial charge < -0.3 is 15.5 Å². The standard InChI is InChI=1S/C20H29N7O/c1-21-20(22-13-18-24-15-25-26(18)2)23-14-19(28)27-10-8-17(9-11-27)12-16-6-4-3-5-7-16/h3-7,15,17H,8-14H2,1-2H3,(H2,21,22,23). The predicted molar refractivity (Wildman–Crippen MR) is 109 cm³/mol. The molecule has 2 aromatic rings. The van der Waals surface area contributed by atoms with Gasteiger partial charge in [-0.25, -0.2) is 4.98 Å². The fourth-order valence-corrected chi connectivity index (χ4v) is 3.47. The third-order valence-corrected chi connectivity index (χ3v) is 5.18. The summed E-state index contributed by atoms with van der Waals surface area (Å²) in [6, 6.07) is 10.6. The van der Waals surface area contributed by atoms with Gasteiger partial charge in [-0.05, 0) is 30.7 Å².